The van der Waals surface area contributed by atoms with Crippen LogP contribution in [0.4, 0.5) is 0 Å². The molecule has 1 saturated heterocycles. The van der Waals surface area contributed by atoms with E-state index in [4.69, 9.17) is 8.94 Å². The van der Waals surface area contributed by atoms with Crippen LogP contribution in [-0.4, -0.2) is 27.5 Å². The monoisotopic (exact) mass is 275 g/mol. The number of aromatic nitrogens is 2. The molecular weight excluding hydrogens is 258 g/mol. The molecule has 3 rings (SSSR count). The van der Waals surface area contributed by atoms with Crippen molar-refractivity contribution in [3.63, 3.8) is 0 Å². The first-order chi connectivity index (χ1) is 9.74. The van der Waals surface area contributed by atoms with Crippen LogP contribution in [0, 0.1) is 6.92 Å². The first-order valence-corrected chi connectivity index (χ1v) is 6.86. The molecule has 1 unspecified atom stereocenters. The van der Waals surface area contributed by atoms with Crippen molar-refractivity contribution in [2.24, 2.45) is 0 Å². The molecule has 0 aliphatic carbocycles. The van der Waals surface area contributed by atoms with Crippen LogP contribution in [0.5, 0.6) is 0 Å². The Morgan fingerprint density at radius 1 is 1.55 bits per heavy atom. The van der Waals surface area contributed by atoms with Gasteiger partial charge in [0.05, 0.1) is 12.3 Å². The van der Waals surface area contributed by atoms with Gasteiger partial charge in [0.15, 0.2) is 5.82 Å². The van der Waals surface area contributed by atoms with Crippen molar-refractivity contribution >= 4 is 5.91 Å². The number of hydrogen-bond acceptors (Lipinski definition) is 5. The zero-order chi connectivity index (χ0) is 13.9. The Labute approximate surface area is 116 Å². The third kappa shape index (κ3) is 2.59. The lowest BCUT2D eigenvalue weighted by Gasteiger charge is -2.22. The molecule has 0 N–H and O–H groups in total. The molecule has 1 fully saturated rings. The highest BCUT2D eigenvalue weighted by Gasteiger charge is 2.32. The predicted molar refractivity (Wildman–Crippen MR) is 69.8 cm³/mol. The zero-order valence-corrected chi connectivity index (χ0v) is 11.4. The number of nitrogens with zero attached hydrogens (tertiary/aromatic N) is 3. The number of carbonyl (C=O) groups excluding carboxylic acids is 1. The number of furan rings is 1. The second kappa shape index (κ2) is 5.48. The Morgan fingerprint density at radius 2 is 2.45 bits per heavy atom. The second-order valence-corrected chi connectivity index (χ2v) is 5.00. The van der Waals surface area contributed by atoms with Crippen molar-refractivity contribution in [1.29, 1.82) is 0 Å². The van der Waals surface area contributed by atoms with Crippen LogP contribution in [0.2, 0.25) is 0 Å². The lowest BCUT2D eigenvalue weighted by atomic mass is 10.2. The molecular formula is C14H17N3O3. The third-order valence-electron chi connectivity index (χ3n) is 3.58. The van der Waals surface area contributed by atoms with Crippen molar-refractivity contribution in [3.05, 3.63) is 35.9 Å². The van der Waals surface area contributed by atoms with E-state index >= 15 is 0 Å². The van der Waals surface area contributed by atoms with Crippen molar-refractivity contribution in [1.82, 2.24) is 15.0 Å². The molecule has 2 aromatic rings. The van der Waals surface area contributed by atoms with E-state index in [2.05, 4.69) is 10.1 Å². The van der Waals surface area contributed by atoms with Crippen molar-refractivity contribution in [2.45, 2.75) is 38.6 Å². The Kier molecular flexibility index (Phi) is 3.54. The molecule has 1 aliphatic rings. The summed E-state index contributed by atoms with van der Waals surface area (Å²) in [5.74, 6) is 2.11. The van der Waals surface area contributed by atoms with Gasteiger partial charge in [-0.05, 0) is 25.0 Å². The Balaban J connectivity index is 1.64. The first-order valence-electron chi connectivity index (χ1n) is 6.86. The number of hydrogen-bond donors (Lipinski definition) is 0. The normalized spacial score (nSPS) is 18.6. The highest BCUT2D eigenvalue weighted by molar-refractivity contribution is 5.77. The van der Waals surface area contributed by atoms with E-state index in [-0.39, 0.29) is 11.9 Å². The minimum Gasteiger partial charge on any atom is -0.469 e. The van der Waals surface area contributed by atoms with E-state index in [1.54, 1.807) is 13.2 Å². The molecule has 1 atom stereocenters. The minimum atomic E-state index is -0.0449. The van der Waals surface area contributed by atoms with Crippen LogP contribution in [-0.2, 0) is 11.2 Å². The van der Waals surface area contributed by atoms with Crippen molar-refractivity contribution in [2.75, 3.05) is 6.54 Å². The average Bonchev–Trinajstić information content (AvgIpc) is 3.16. The molecule has 6 heteroatoms. The minimum absolute atomic E-state index is 0.0449. The summed E-state index contributed by atoms with van der Waals surface area (Å²) < 4.78 is 10.3. The fourth-order valence-electron chi connectivity index (χ4n) is 2.61. The lowest BCUT2D eigenvalue weighted by molar-refractivity contribution is -0.132. The number of rotatable bonds is 4. The molecule has 6 nitrogen and oxygen atoms in total. The van der Waals surface area contributed by atoms with Crippen LogP contribution < -0.4 is 0 Å². The average molecular weight is 275 g/mol. The van der Waals surface area contributed by atoms with Gasteiger partial charge in [-0.25, -0.2) is 0 Å². The molecule has 0 bridgehead atoms. The maximum absolute atomic E-state index is 12.3. The standard InChI is InChI=1S/C14H17N3O3/c1-10-15-14(16-20-10)12-5-2-8-17(12)13(18)7-6-11-4-3-9-19-11/h3-4,9,12H,2,5-8H2,1H3. The Bertz CT molecular complexity index is 576. The summed E-state index contributed by atoms with van der Waals surface area (Å²) >= 11 is 0. The number of amides is 1. The van der Waals surface area contributed by atoms with Crippen LogP contribution in [0.1, 0.15) is 42.8 Å². The number of carbonyl (C=O) groups is 1. The fourth-order valence-corrected chi connectivity index (χ4v) is 2.61. The smallest absolute Gasteiger partial charge is 0.223 e. The van der Waals surface area contributed by atoms with E-state index in [1.807, 2.05) is 17.0 Å². The summed E-state index contributed by atoms with van der Waals surface area (Å²) in [6.07, 6.45) is 4.57. The van der Waals surface area contributed by atoms with E-state index in [9.17, 15) is 4.79 Å². The second-order valence-electron chi connectivity index (χ2n) is 5.00. The maximum atomic E-state index is 12.3. The Hall–Kier alpha value is -2.11. The third-order valence-corrected chi connectivity index (χ3v) is 3.58. The van der Waals surface area contributed by atoms with Gasteiger partial charge in [0, 0.05) is 26.3 Å². The van der Waals surface area contributed by atoms with Gasteiger partial charge in [0.1, 0.15) is 5.76 Å². The van der Waals surface area contributed by atoms with Crippen molar-refractivity contribution < 1.29 is 13.7 Å². The SMILES string of the molecule is Cc1nc(C2CCCN2C(=O)CCc2ccco2)no1. The van der Waals surface area contributed by atoms with Gasteiger partial charge in [0.25, 0.3) is 0 Å². The molecule has 0 aromatic carbocycles. The van der Waals surface area contributed by atoms with Crippen LogP contribution in [0.3, 0.4) is 0 Å². The fraction of sp³-hybridized carbons (Fsp3) is 0.500. The summed E-state index contributed by atoms with van der Waals surface area (Å²) in [5.41, 5.74) is 0. The predicted octanol–water partition coefficient (Wildman–Crippen LogP) is 2.27. The lowest BCUT2D eigenvalue weighted by Crippen LogP contribution is -2.31. The van der Waals surface area contributed by atoms with Crippen molar-refractivity contribution in [3.8, 4) is 0 Å². The molecule has 2 aromatic heterocycles. The van der Waals surface area contributed by atoms with Gasteiger partial charge >= 0.3 is 0 Å². The van der Waals surface area contributed by atoms with E-state index in [1.165, 1.54) is 0 Å². The number of likely N-dealkylation sites (tertiary alicyclic amines) is 1. The highest BCUT2D eigenvalue weighted by atomic mass is 16.5. The molecule has 106 valence electrons. The van der Waals surface area contributed by atoms with Gasteiger partial charge in [-0.2, -0.15) is 4.98 Å². The van der Waals surface area contributed by atoms with Gasteiger partial charge in [-0.15, -0.1) is 0 Å². The quantitative estimate of drug-likeness (QED) is 0.855. The van der Waals surface area contributed by atoms with E-state index in [0.29, 0.717) is 24.6 Å². The van der Waals surface area contributed by atoms with E-state index in [0.717, 1.165) is 25.1 Å². The maximum Gasteiger partial charge on any atom is 0.223 e. The number of aryl methyl sites for hydroxylation is 2. The van der Waals surface area contributed by atoms with Gasteiger partial charge in [-0.3, -0.25) is 4.79 Å². The topological polar surface area (TPSA) is 72.4 Å². The molecule has 0 radical (unpaired) electrons. The van der Waals surface area contributed by atoms with Crippen LogP contribution in [0.15, 0.2) is 27.3 Å². The summed E-state index contributed by atoms with van der Waals surface area (Å²) in [6, 6.07) is 3.68. The largest absolute Gasteiger partial charge is 0.469 e. The molecule has 0 saturated carbocycles. The van der Waals surface area contributed by atoms with E-state index < -0.39 is 0 Å². The molecule has 1 amide bonds. The first kappa shape index (κ1) is 12.9. The van der Waals surface area contributed by atoms with Crippen LogP contribution in [0.25, 0.3) is 0 Å². The van der Waals surface area contributed by atoms with Gasteiger partial charge < -0.3 is 13.8 Å². The summed E-state index contributed by atoms with van der Waals surface area (Å²) in [6.45, 7) is 2.52. The molecule has 0 spiro atoms. The Morgan fingerprint density at radius 3 is 3.15 bits per heavy atom. The van der Waals surface area contributed by atoms with Gasteiger partial charge in [-0.1, -0.05) is 5.16 Å². The summed E-state index contributed by atoms with van der Waals surface area (Å²) in [4.78, 5) is 18.4. The highest BCUT2D eigenvalue weighted by Crippen LogP contribution is 2.30. The summed E-state index contributed by atoms with van der Waals surface area (Å²) in [5, 5.41) is 3.94. The zero-order valence-electron chi connectivity index (χ0n) is 11.4. The van der Waals surface area contributed by atoms with Crippen LogP contribution >= 0.6 is 0 Å². The molecule has 1 aliphatic heterocycles. The van der Waals surface area contributed by atoms with Gasteiger partial charge in [0.2, 0.25) is 11.8 Å². The molecule has 3 heterocycles. The molecule has 20 heavy (non-hydrogen) atoms. The summed E-state index contributed by atoms with van der Waals surface area (Å²) in [7, 11) is 0.